The van der Waals surface area contributed by atoms with E-state index in [2.05, 4.69) is 12.0 Å². The van der Waals surface area contributed by atoms with E-state index in [1.165, 1.54) is 5.56 Å². The fourth-order valence-electron chi connectivity index (χ4n) is 1.46. The number of rotatable bonds is 1. The highest BCUT2D eigenvalue weighted by molar-refractivity contribution is 5.97. The van der Waals surface area contributed by atoms with Crippen LogP contribution in [0, 0.1) is 6.92 Å². The number of carbonyl (C=O) groups excluding carboxylic acids is 1. The lowest BCUT2D eigenvalue weighted by Crippen LogP contribution is -2.32. The van der Waals surface area contributed by atoms with Crippen LogP contribution in [0.3, 0.4) is 0 Å². The molecular weight excluding hydrogens is 176 g/mol. The van der Waals surface area contributed by atoms with Gasteiger partial charge in [-0.05, 0) is 24.6 Å². The molecule has 0 bridgehead atoms. The predicted octanol–water partition coefficient (Wildman–Crippen LogP) is 1.40. The van der Waals surface area contributed by atoms with Crippen molar-refractivity contribution in [1.82, 2.24) is 5.43 Å². The molecule has 1 aliphatic rings. The SMILES string of the molecule is C=C1CN(c2cccc(C)c2)NC1=O. The third-order valence-corrected chi connectivity index (χ3v) is 2.22. The van der Waals surface area contributed by atoms with Gasteiger partial charge in [-0.2, -0.15) is 0 Å². The van der Waals surface area contributed by atoms with Gasteiger partial charge < -0.3 is 0 Å². The van der Waals surface area contributed by atoms with Crippen molar-refractivity contribution < 1.29 is 4.79 Å². The second kappa shape index (κ2) is 3.18. The monoisotopic (exact) mass is 188 g/mol. The van der Waals surface area contributed by atoms with Crippen LogP contribution >= 0.6 is 0 Å². The van der Waals surface area contributed by atoms with Crippen molar-refractivity contribution >= 4 is 11.6 Å². The van der Waals surface area contributed by atoms with E-state index >= 15 is 0 Å². The van der Waals surface area contributed by atoms with Crippen LogP contribution in [0.4, 0.5) is 5.69 Å². The average molecular weight is 188 g/mol. The molecular formula is C11H12N2O. The first-order valence-electron chi connectivity index (χ1n) is 4.50. The summed E-state index contributed by atoms with van der Waals surface area (Å²) in [4.78, 5) is 11.2. The van der Waals surface area contributed by atoms with Crippen molar-refractivity contribution in [3.63, 3.8) is 0 Å². The Morgan fingerprint density at radius 3 is 2.86 bits per heavy atom. The number of carbonyl (C=O) groups is 1. The van der Waals surface area contributed by atoms with Crippen molar-refractivity contribution in [2.45, 2.75) is 6.92 Å². The van der Waals surface area contributed by atoms with E-state index in [1.54, 1.807) is 5.01 Å². The first kappa shape index (κ1) is 8.81. The maximum absolute atomic E-state index is 11.2. The molecule has 1 saturated heterocycles. The van der Waals surface area contributed by atoms with E-state index in [1.807, 2.05) is 31.2 Å². The third kappa shape index (κ3) is 1.48. The van der Waals surface area contributed by atoms with Crippen LogP contribution in [-0.2, 0) is 4.79 Å². The first-order chi connectivity index (χ1) is 6.66. The van der Waals surface area contributed by atoms with Crippen molar-refractivity contribution in [2.75, 3.05) is 11.6 Å². The van der Waals surface area contributed by atoms with Gasteiger partial charge in [0, 0.05) is 5.57 Å². The summed E-state index contributed by atoms with van der Waals surface area (Å²) in [5.74, 6) is -0.0912. The molecule has 0 saturated carbocycles. The number of hydrogen-bond donors (Lipinski definition) is 1. The number of aryl methyl sites for hydroxylation is 1. The Morgan fingerprint density at radius 2 is 2.29 bits per heavy atom. The fraction of sp³-hybridized carbons (Fsp3) is 0.182. The molecule has 0 radical (unpaired) electrons. The van der Waals surface area contributed by atoms with E-state index in [9.17, 15) is 4.79 Å². The maximum Gasteiger partial charge on any atom is 0.267 e. The maximum atomic E-state index is 11.2. The molecule has 1 amide bonds. The van der Waals surface area contributed by atoms with Crippen LogP contribution in [0.5, 0.6) is 0 Å². The van der Waals surface area contributed by atoms with Crippen molar-refractivity contribution in [3.05, 3.63) is 42.0 Å². The molecule has 1 N–H and O–H groups in total. The lowest BCUT2D eigenvalue weighted by atomic mass is 10.2. The summed E-state index contributed by atoms with van der Waals surface area (Å²) in [5.41, 5.74) is 5.52. The summed E-state index contributed by atoms with van der Waals surface area (Å²) in [6, 6.07) is 7.98. The Morgan fingerprint density at radius 1 is 1.50 bits per heavy atom. The zero-order valence-corrected chi connectivity index (χ0v) is 8.08. The molecule has 3 nitrogen and oxygen atoms in total. The highest BCUT2D eigenvalue weighted by atomic mass is 16.2. The number of amides is 1. The van der Waals surface area contributed by atoms with E-state index in [4.69, 9.17) is 0 Å². The molecule has 2 rings (SSSR count). The van der Waals surface area contributed by atoms with Crippen molar-refractivity contribution in [1.29, 1.82) is 0 Å². The van der Waals surface area contributed by atoms with Crippen molar-refractivity contribution in [2.24, 2.45) is 0 Å². The molecule has 0 spiro atoms. The second-order valence-electron chi connectivity index (χ2n) is 3.47. The minimum absolute atomic E-state index is 0.0912. The predicted molar refractivity (Wildman–Crippen MR) is 55.8 cm³/mol. The van der Waals surface area contributed by atoms with Crippen LogP contribution in [0.25, 0.3) is 0 Å². The quantitative estimate of drug-likeness (QED) is 0.676. The summed E-state index contributed by atoms with van der Waals surface area (Å²) in [6.07, 6.45) is 0. The van der Waals surface area contributed by atoms with Crippen LogP contribution < -0.4 is 10.4 Å². The molecule has 14 heavy (non-hydrogen) atoms. The number of hydrogen-bond acceptors (Lipinski definition) is 2. The summed E-state index contributed by atoms with van der Waals surface area (Å²) >= 11 is 0. The van der Waals surface area contributed by atoms with E-state index in [-0.39, 0.29) is 5.91 Å². The minimum atomic E-state index is -0.0912. The zero-order valence-electron chi connectivity index (χ0n) is 8.08. The van der Waals surface area contributed by atoms with Crippen molar-refractivity contribution in [3.8, 4) is 0 Å². The van der Waals surface area contributed by atoms with Crippen LogP contribution in [0.2, 0.25) is 0 Å². The molecule has 0 aliphatic carbocycles. The number of hydrazine groups is 1. The van der Waals surface area contributed by atoms with Gasteiger partial charge in [-0.25, -0.2) is 0 Å². The lowest BCUT2D eigenvalue weighted by molar-refractivity contribution is -0.116. The average Bonchev–Trinajstić information content (AvgIpc) is 2.47. The van der Waals surface area contributed by atoms with Gasteiger partial charge in [-0.3, -0.25) is 15.2 Å². The van der Waals surface area contributed by atoms with Crippen LogP contribution in [0.1, 0.15) is 5.56 Å². The molecule has 72 valence electrons. The smallest absolute Gasteiger partial charge is 0.267 e. The number of nitrogens with zero attached hydrogens (tertiary/aromatic N) is 1. The highest BCUT2D eigenvalue weighted by Gasteiger charge is 2.22. The highest BCUT2D eigenvalue weighted by Crippen LogP contribution is 2.18. The Balaban J connectivity index is 2.25. The minimum Gasteiger partial charge on any atom is -0.281 e. The van der Waals surface area contributed by atoms with Crippen LogP contribution in [0.15, 0.2) is 36.4 Å². The molecule has 3 heteroatoms. The molecule has 1 aromatic rings. The second-order valence-corrected chi connectivity index (χ2v) is 3.47. The van der Waals surface area contributed by atoms with E-state index in [0.717, 1.165) is 5.69 Å². The first-order valence-corrected chi connectivity index (χ1v) is 4.50. The Hall–Kier alpha value is -1.77. The molecule has 0 atom stereocenters. The van der Waals surface area contributed by atoms with Gasteiger partial charge in [-0.15, -0.1) is 0 Å². The summed E-state index contributed by atoms with van der Waals surface area (Å²) in [7, 11) is 0. The van der Waals surface area contributed by atoms with Gasteiger partial charge in [-0.1, -0.05) is 18.7 Å². The third-order valence-electron chi connectivity index (χ3n) is 2.22. The molecule has 1 fully saturated rings. The Kier molecular flexibility index (Phi) is 2.00. The van der Waals surface area contributed by atoms with Gasteiger partial charge in [0.2, 0.25) is 0 Å². The van der Waals surface area contributed by atoms with Gasteiger partial charge >= 0.3 is 0 Å². The Bertz CT molecular complexity index is 382. The van der Waals surface area contributed by atoms with E-state index < -0.39 is 0 Å². The largest absolute Gasteiger partial charge is 0.281 e. The molecule has 1 aliphatic heterocycles. The fourth-order valence-corrected chi connectivity index (χ4v) is 1.46. The standard InChI is InChI=1S/C11H12N2O/c1-8-4-3-5-10(6-8)13-7-9(2)11(14)12-13/h3-6H,2,7H2,1H3,(H,12,14). The molecule has 1 heterocycles. The van der Waals surface area contributed by atoms with Gasteiger partial charge in [0.15, 0.2) is 0 Å². The normalized spacial score (nSPS) is 15.9. The zero-order chi connectivity index (χ0) is 10.1. The molecule has 0 unspecified atom stereocenters. The van der Waals surface area contributed by atoms with Gasteiger partial charge in [0.25, 0.3) is 5.91 Å². The van der Waals surface area contributed by atoms with E-state index in [0.29, 0.717) is 12.1 Å². The van der Waals surface area contributed by atoms with Gasteiger partial charge in [0.05, 0.1) is 12.2 Å². The summed E-state index contributed by atoms with van der Waals surface area (Å²) in [6.45, 7) is 6.26. The Labute approximate surface area is 83.0 Å². The summed E-state index contributed by atoms with van der Waals surface area (Å²) < 4.78 is 0. The molecule has 0 aromatic heterocycles. The topological polar surface area (TPSA) is 32.3 Å². The lowest BCUT2D eigenvalue weighted by Gasteiger charge is -2.16. The molecule has 1 aromatic carbocycles. The number of nitrogens with one attached hydrogen (secondary N) is 1. The number of anilines is 1. The van der Waals surface area contributed by atoms with Gasteiger partial charge in [0.1, 0.15) is 0 Å². The summed E-state index contributed by atoms with van der Waals surface area (Å²) in [5, 5.41) is 1.80. The number of benzene rings is 1. The van der Waals surface area contributed by atoms with Crippen LogP contribution in [-0.4, -0.2) is 12.5 Å².